The molecule has 1 aromatic rings. The maximum atomic E-state index is 6.22. The molecule has 0 bridgehead atoms. The van der Waals surface area contributed by atoms with Crippen LogP contribution in [0.4, 0.5) is 0 Å². The number of hydrogen-bond donors (Lipinski definition) is 0. The normalized spacial score (nSPS) is 32.3. The molecule has 0 aromatic carbocycles. The largest absolute Gasteiger partial charge is 0.378 e. The molecule has 0 spiro atoms. The molecule has 6 heteroatoms. The first-order valence-electron chi connectivity index (χ1n) is 10.3. The summed E-state index contributed by atoms with van der Waals surface area (Å²) in [6.45, 7) is 7.05. The van der Waals surface area contributed by atoms with Crippen molar-refractivity contribution in [3.63, 3.8) is 0 Å². The topological polar surface area (TPSA) is 60.6 Å². The molecule has 0 unspecified atom stereocenters. The highest BCUT2D eigenvalue weighted by Crippen LogP contribution is 2.44. The van der Waals surface area contributed by atoms with Crippen LogP contribution in [-0.4, -0.2) is 53.0 Å². The van der Waals surface area contributed by atoms with Gasteiger partial charge in [0.1, 0.15) is 0 Å². The third-order valence-corrected chi connectivity index (χ3v) is 6.35. The van der Waals surface area contributed by atoms with Crippen molar-refractivity contribution in [3.8, 4) is 0 Å². The number of methoxy groups -OCH3 is 1. The summed E-state index contributed by atoms with van der Waals surface area (Å²) in [5, 5.41) is 4.21. The quantitative estimate of drug-likeness (QED) is 0.707. The highest BCUT2D eigenvalue weighted by Gasteiger charge is 2.51. The van der Waals surface area contributed by atoms with Gasteiger partial charge in [0.25, 0.3) is 0 Å². The van der Waals surface area contributed by atoms with E-state index >= 15 is 0 Å². The van der Waals surface area contributed by atoms with Gasteiger partial charge in [0.2, 0.25) is 5.89 Å². The summed E-state index contributed by atoms with van der Waals surface area (Å²) in [4.78, 5) is 7.08. The van der Waals surface area contributed by atoms with Gasteiger partial charge in [-0.25, -0.2) is 0 Å². The number of aromatic nitrogens is 2. The van der Waals surface area contributed by atoms with E-state index in [2.05, 4.69) is 28.9 Å². The summed E-state index contributed by atoms with van der Waals surface area (Å²) < 4.78 is 17.7. The molecule has 3 fully saturated rings. The fraction of sp³-hybridized carbons (Fsp3) is 0.900. The third-order valence-electron chi connectivity index (χ3n) is 6.35. The fourth-order valence-corrected chi connectivity index (χ4v) is 4.62. The minimum absolute atomic E-state index is 0.0239. The van der Waals surface area contributed by atoms with E-state index in [9.17, 15) is 0 Å². The Balaban J connectivity index is 1.39. The lowest BCUT2D eigenvalue weighted by molar-refractivity contribution is -0.103. The standard InChI is InChI=1S/C20H33N3O3/c1-14(2)10-19-21-18(22-26-19)12-23-9-8-20(24-3)7-6-16(11-17(20)23)25-13-15-4-5-15/h14-17H,4-13H2,1-3H3/t16-,17+,20-/m1/s1. The van der Waals surface area contributed by atoms with Crippen molar-refractivity contribution in [3.05, 3.63) is 11.7 Å². The van der Waals surface area contributed by atoms with Crippen molar-refractivity contribution in [1.29, 1.82) is 0 Å². The molecular weight excluding hydrogens is 330 g/mol. The summed E-state index contributed by atoms with van der Waals surface area (Å²) in [6, 6.07) is 0.387. The van der Waals surface area contributed by atoms with E-state index < -0.39 is 0 Å². The summed E-state index contributed by atoms with van der Waals surface area (Å²) in [6.07, 6.45) is 8.25. The molecule has 6 nitrogen and oxygen atoms in total. The van der Waals surface area contributed by atoms with E-state index in [-0.39, 0.29) is 5.60 Å². The molecule has 3 aliphatic rings. The minimum atomic E-state index is -0.0239. The van der Waals surface area contributed by atoms with Crippen LogP contribution < -0.4 is 0 Å². The first-order valence-corrected chi connectivity index (χ1v) is 10.3. The molecule has 0 radical (unpaired) electrons. The Morgan fingerprint density at radius 3 is 2.85 bits per heavy atom. The average molecular weight is 364 g/mol. The molecule has 0 N–H and O–H groups in total. The zero-order valence-electron chi connectivity index (χ0n) is 16.4. The van der Waals surface area contributed by atoms with Crippen LogP contribution in [0.15, 0.2) is 4.52 Å². The molecule has 2 aliphatic carbocycles. The van der Waals surface area contributed by atoms with E-state index in [1.165, 1.54) is 12.8 Å². The highest BCUT2D eigenvalue weighted by atomic mass is 16.5. The Kier molecular flexibility index (Phi) is 5.35. The Hall–Kier alpha value is -0.980. The van der Waals surface area contributed by atoms with Crippen LogP contribution in [0.2, 0.25) is 0 Å². The van der Waals surface area contributed by atoms with Gasteiger partial charge in [0.05, 0.1) is 18.2 Å². The molecule has 1 aliphatic heterocycles. The molecule has 2 saturated carbocycles. The van der Waals surface area contributed by atoms with Crippen molar-refractivity contribution in [2.75, 3.05) is 20.3 Å². The van der Waals surface area contributed by atoms with Crippen LogP contribution in [0.5, 0.6) is 0 Å². The Morgan fingerprint density at radius 1 is 1.27 bits per heavy atom. The molecule has 146 valence electrons. The fourth-order valence-electron chi connectivity index (χ4n) is 4.62. The van der Waals surface area contributed by atoms with Crippen molar-refractivity contribution in [2.24, 2.45) is 11.8 Å². The minimum Gasteiger partial charge on any atom is -0.378 e. The van der Waals surface area contributed by atoms with Crippen LogP contribution in [0.1, 0.15) is 64.1 Å². The maximum absolute atomic E-state index is 6.22. The average Bonchev–Trinajstić information content (AvgIpc) is 3.26. The van der Waals surface area contributed by atoms with Gasteiger partial charge in [-0.15, -0.1) is 0 Å². The number of likely N-dealkylation sites (tertiary alicyclic amines) is 1. The van der Waals surface area contributed by atoms with Crippen LogP contribution in [0.25, 0.3) is 0 Å². The van der Waals surface area contributed by atoms with Crippen molar-refractivity contribution >= 4 is 0 Å². The van der Waals surface area contributed by atoms with Gasteiger partial charge in [-0.05, 0) is 50.4 Å². The van der Waals surface area contributed by atoms with Gasteiger partial charge >= 0.3 is 0 Å². The van der Waals surface area contributed by atoms with Gasteiger partial charge in [-0.2, -0.15) is 4.98 Å². The van der Waals surface area contributed by atoms with Crippen molar-refractivity contribution < 1.29 is 14.0 Å². The first kappa shape index (κ1) is 18.4. The van der Waals surface area contributed by atoms with E-state index in [0.717, 1.165) is 69.4 Å². The van der Waals surface area contributed by atoms with Gasteiger partial charge in [-0.1, -0.05) is 19.0 Å². The summed E-state index contributed by atoms with van der Waals surface area (Å²) in [5.41, 5.74) is -0.0239. The Labute approximate surface area is 156 Å². The molecular formula is C20H33N3O3. The number of nitrogens with zero attached hydrogens (tertiary/aromatic N) is 3. The van der Waals surface area contributed by atoms with Crippen LogP contribution in [0.3, 0.4) is 0 Å². The molecule has 2 heterocycles. The first-order chi connectivity index (χ1) is 12.6. The molecule has 1 saturated heterocycles. The van der Waals surface area contributed by atoms with Gasteiger partial charge in [0.15, 0.2) is 5.82 Å². The van der Waals surface area contributed by atoms with E-state index in [1.807, 2.05) is 7.11 Å². The lowest BCUT2D eigenvalue weighted by Crippen LogP contribution is -2.51. The zero-order chi connectivity index (χ0) is 18.1. The molecule has 3 atom stereocenters. The molecule has 4 rings (SSSR count). The smallest absolute Gasteiger partial charge is 0.226 e. The van der Waals surface area contributed by atoms with Crippen molar-refractivity contribution in [2.45, 2.75) is 83.1 Å². The third kappa shape index (κ3) is 3.97. The number of rotatable bonds is 8. The number of fused-ring (bicyclic) bond motifs is 1. The second-order valence-corrected chi connectivity index (χ2v) is 8.88. The second-order valence-electron chi connectivity index (χ2n) is 8.88. The lowest BCUT2D eigenvalue weighted by Gasteiger charge is -2.43. The lowest BCUT2D eigenvalue weighted by atomic mass is 9.79. The van der Waals surface area contributed by atoms with E-state index in [1.54, 1.807) is 0 Å². The maximum Gasteiger partial charge on any atom is 0.226 e. The predicted octanol–water partition coefficient (Wildman–Crippen LogP) is 3.21. The number of ether oxygens (including phenoxy) is 2. The van der Waals surface area contributed by atoms with Gasteiger partial charge < -0.3 is 14.0 Å². The summed E-state index contributed by atoms with van der Waals surface area (Å²) >= 11 is 0. The van der Waals surface area contributed by atoms with Crippen LogP contribution >= 0.6 is 0 Å². The summed E-state index contributed by atoms with van der Waals surface area (Å²) in [5.74, 6) is 2.90. The van der Waals surface area contributed by atoms with E-state index in [0.29, 0.717) is 18.1 Å². The van der Waals surface area contributed by atoms with Gasteiger partial charge in [-0.3, -0.25) is 4.90 Å². The van der Waals surface area contributed by atoms with E-state index in [4.69, 9.17) is 14.0 Å². The number of hydrogen-bond acceptors (Lipinski definition) is 6. The highest BCUT2D eigenvalue weighted by molar-refractivity contribution is 5.06. The second kappa shape index (κ2) is 7.56. The summed E-state index contributed by atoms with van der Waals surface area (Å²) in [7, 11) is 1.87. The molecule has 1 aromatic heterocycles. The molecule has 0 amide bonds. The Morgan fingerprint density at radius 2 is 2.12 bits per heavy atom. The van der Waals surface area contributed by atoms with Crippen molar-refractivity contribution in [1.82, 2.24) is 15.0 Å². The molecule has 26 heavy (non-hydrogen) atoms. The SMILES string of the molecule is CO[C@@]12CC[C@@H](OCC3CC3)C[C@@H]1N(Cc1noc(CC(C)C)n1)CC2. The monoisotopic (exact) mass is 363 g/mol. The Bertz CT molecular complexity index is 601. The predicted molar refractivity (Wildman–Crippen MR) is 97.7 cm³/mol. The zero-order valence-corrected chi connectivity index (χ0v) is 16.4. The van der Waals surface area contributed by atoms with Gasteiger partial charge in [0, 0.05) is 32.7 Å². The van der Waals surface area contributed by atoms with Crippen LogP contribution in [0, 0.1) is 11.8 Å². The van der Waals surface area contributed by atoms with Crippen LogP contribution in [-0.2, 0) is 22.4 Å².